The summed E-state index contributed by atoms with van der Waals surface area (Å²) in [6.45, 7) is 6.36. The predicted molar refractivity (Wildman–Crippen MR) is 154 cm³/mol. The van der Waals surface area contributed by atoms with Crippen LogP contribution in [-0.4, -0.2) is 38.0 Å². The van der Waals surface area contributed by atoms with Gasteiger partial charge in [-0.2, -0.15) is 0 Å². The minimum absolute atomic E-state index is 0.203. The second kappa shape index (κ2) is 12.7. The highest BCUT2D eigenvalue weighted by molar-refractivity contribution is 9.10. The van der Waals surface area contributed by atoms with Gasteiger partial charge in [0, 0.05) is 10.0 Å². The zero-order valence-corrected chi connectivity index (χ0v) is 25.0. The van der Waals surface area contributed by atoms with E-state index in [1.807, 2.05) is 44.2 Å². The topological polar surface area (TPSA) is 88.4 Å². The fourth-order valence-corrected chi connectivity index (χ4v) is 5.94. The van der Waals surface area contributed by atoms with Crippen molar-refractivity contribution in [2.45, 2.75) is 39.7 Å². The number of carbonyl (C=O) groups is 1. The third-order valence-electron chi connectivity index (χ3n) is 6.16. The Kier molecular flexibility index (Phi) is 9.29. The Hall–Kier alpha value is -3.37. The number of esters is 1. The number of halogens is 1. The smallest absolute Gasteiger partial charge is 0.338 e. The Labute approximate surface area is 239 Å². The van der Waals surface area contributed by atoms with Crippen molar-refractivity contribution < 1.29 is 23.7 Å². The first kappa shape index (κ1) is 28.6. The van der Waals surface area contributed by atoms with E-state index in [0.29, 0.717) is 56.4 Å². The Morgan fingerprint density at radius 1 is 1.05 bits per heavy atom. The van der Waals surface area contributed by atoms with Crippen molar-refractivity contribution >= 4 is 39.3 Å². The van der Waals surface area contributed by atoms with Gasteiger partial charge < -0.3 is 18.9 Å². The molecule has 8 nitrogen and oxygen atoms in total. The maximum absolute atomic E-state index is 14.0. The van der Waals surface area contributed by atoms with Crippen LogP contribution in [0.15, 0.2) is 61.9 Å². The first-order valence-corrected chi connectivity index (χ1v) is 14.3. The largest absolute Gasteiger partial charge is 0.496 e. The van der Waals surface area contributed by atoms with Crippen LogP contribution in [0.3, 0.4) is 0 Å². The van der Waals surface area contributed by atoms with Gasteiger partial charge in [0.05, 0.1) is 43.2 Å². The van der Waals surface area contributed by atoms with E-state index in [9.17, 15) is 9.59 Å². The molecular formula is C29H31BrN2O6S. The number of hydrogen-bond acceptors (Lipinski definition) is 8. The zero-order valence-electron chi connectivity index (χ0n) is 22.6. The van der Waals surface area contributed by atoms with Gasteiger partial charge in [-0.05, 0) is 62.2 Å². The van der Waals surface area contributed by atoms with E-state index in [0.717, 1.165) is 16.5 Å². The summed E-state index contributed by atoms with van der Waals surface area (Å²) < 4.78 is 25.1. The van der Waals surface area contributed by atoms with Crippen LogP contribution in [0.25, 0.3) is 6.08 Å². The Morgan fingerprint density at radius 2 is 1.79 bits per heavy atom. The number of allylic oxidation sites excluding steroid dienone is 1. The lowest BCUT2D eigenvalue weighted by atomic mass is 9.93. The molecular weight excluding hydrogens is 584 g/mol. The minimum atomic E-state index is -0.772. The molecule has 1 atom stereocenters. The number of rotatable bonds is 10. The molecule has 206 valence electrons. The summed E-state index contributed by atoms with van der Waals surface area (Å²) in [4.78, 5) is 32.7. The molecule has 0 bridgehead atoms. The quantitative estimate of drug-likeness (QED) is 0.306. The molecule has 1 aromatic heterocycles. The maximum Gasteiger partial charge on any atom is 0.338 e. The van der Waals surface area contributed by atoms with E-state index in [1.165, 1.54) is 11.3 Å². The van der Waals surface area contributed by atoms with Crippen molar-refractivity contribution in [3.63, 3.8) is 0 Å². The van der Waals surface area contributed by atoms with E-state index in [4.69, 9.17) is 23.9 Å². The molecule has 0 spiro atoms. The van der Waals surface area contributed by atoms with Gasteiger partial charge in [-0.25, -0.2) is 9.79 Å². The number of thiazole rings is 1. The lowest BCUT2D eigenvalue weighted by molar-refractivity contribution is -0.139. The fraction of sp³-hybridized carbons (Fsp3) is 0.345. The molecule has 0 radical (unpaired) electrons. The second-order valence-corrected chi connectivity index (χ2v) is 10.6. The third kappa shape index (κ3) is 5.81. The third-order valence-corrected chi connectivity index (χ3v) is 7.64. The van der Waals surface area contributed by atoms with Gasteiger partial charge in [0.25, 0.3) is 5.56 Å². The molecule has 4 rings (SSSR count). The monoisotopic (exact) mass is 614 g/mol. The van der Waals surface area contributed by atoms with Crippen LogP contribution < -0.4 is 29.1 Å². The Balaban J connectivity index is 2.01. The number of nitrogens with zero attached hydrogens (tertiary/aromatic N) is 2. The highest BCUT2D eigenvalue weighted by Gasteiger charge is 2.36. The van der Waals surface area contributed by atoms with Gasteiger partial charge >= 0.3 is 5.97 Å². The SMILES string of the molecule is CCCC1=C(C(=O)OCC)[C@H](c2cc(Br)ccc2OC)n2c(s/c(=C/c3ccc(OC)c(OCC)c3)c2=O)=N1. The van der Waals surface area contributed by atoms with Gasteiger partial charge in [0.1, 0.15) is 11.8 Å². The number of methoxy groups -OCH3 is 2. The molecule has 1 aliphatic heterocycles. The number of benzene rings is 2. The van der Waals surface area contributed by atoms with E-state index >= 15 is 0 Å². The molecule has 1 aliphatic rings. The molecule has 2 heterocycles. The van der Waals surface area contributed by atoms with Crippen LogP contribution >= 0.6 is 27.3 Å². The zero-order chi connectivity index (χ0) is 28.1. The van der Waals surface area contributed by atoms with Crippen molar-refractivity contribution in [3.8, 4) is 17.2 Å². The predicted octanol–water partition coefficient (Wildman–Crippen LogP) is 4.76. The summed E-state index contributed by atoms with van der Waals surface area (Å²) in [6.07, 6.45) is 3.13. The van der Waals surface area contributed by atoms with Crippen LogP contribution in [0.4, 0.5) is 0 Å². The van der Waals surface area contributed by atoms with Gasteiger partial charge in [-0.3, -0.25) is 9.36 Å². The molecule has 0 fully saturated rings. The van der Waals surface area contributed by atoms with E-state index in [-0.39, 0.29) is 12.2 Å². The molecule has 0 unspecified atom stereocenters. The van der Waals surface area contributed by atoms with Crippen molar-refractivity contribution in [1.82, 2.24) is 4.57 Å². The van der Waals surface area contributed by atoms with Gasteiger partial charge in [0.15, 0.2) is 16.3 Å². The fourth-order valence-electron chi connectivity index (χ4n) is 4.54. The lowest BCUT2D eigenvalue weighted by Crippen LogP contribution is -2.40. The maximum atomic E-state index is 14.0. The number of carbonyl (C=O) groups excluding carboxylic acids is 1. The highest BCUT2D eigenvalue weighted by Crippen LogP contribution is 2.38. The average Bonchev–Trinajstić information content (AvgIpc) is 3.22. The first-order chi connectivity index (χ1) is 18.9. The normalized spacial score (nSPS) is 15.0. The molecule has 0 N–H and O–H groups in total. The number of ether oxygens (including phenoxy) is 4. The molecule has 39 heavy (non-hydrogen) atoms. The summed E-state index contributed by atoms with van der Waals surface area (Å²) in [7, 11) is 3.15. The van der Waals surface area contributed by atoms with E-state index in [1.54, 1.807) is 37.9 Å². The van der Waals surface area contributed by atoms with Gasteiger partial charge in [-0.1, -0.05) is 46.7 Å². The first-order valence-electron chi connectivity index (χ1n) is 12.7. The lowest BCUT2D eigenvalue weighted by Gasteiger charge is -2.27. The van der Waals surface area contributed by atoms with Gasteiger partial charge in [-0.15, -0.1) is 0 Å². The van der Waals surface area contributed by atoms with Crippen LogP contribution in [-0.2, 0) is 9.53 Å². The number of aromatic nitrogens is 1. The summed E-state index contributed by atoms with van der Waals surface area (Å²) in [5.74, 6) is 1.25. The summed E-state index contributed by atoms with van der Waals surface area (Å²) in [5, 5.41) is 0. The van der Waals surface area contributed by atoms with Crippen molar-refractivity contribution in [1.29, 1.82) is 0 Å². The van der Waals surface area contributed by atoms with Crippen LogP contribution in [0.5, 0.6) is 17.2 Å². The minimum Gasteiger partial charge on any atom is -0.496 e. The van der Waals surface area contributed by atoms with Crippen LogP contribution in [0.1, 0.15) is 50.8 Å². The van der Waals surface area contributed by atoms with Crippen molar-refractivity contribution in [3.05, 3.63) is 83.0 Å². The molecule has 3 aromatic rings. The summed E-state index contributed by atoms with van der Waals surface area (Å²) >= 11 is 4.82. The standard InChI is InChI=1S/C29H31BrN2O6S/c1-6-9-20-25(28(34)38-8-3)26(19-16-18(30)11-13-21(19)35-4)32-27(33)24(39-29(32)31-20)15-17-10-12-22(36-5)23(14-17)37-7-2/h10-16,26H,6-9H2,1-5H3/b24-15+/t26-/m0/s1. The summed E-state index contributed by atoms with van der Waals surface area (Å²) in [5.41, 5.74) is 2.13. The molecule has 10 heteroatoms. The molecule has 0 aliphatic carbocycles. The number of fused-ring (bicyclic) bond motifs is 1. The molecule has 0 saturated carbocycles. The van der Waals surface area contributed by atoms with E-state index in [2.05, 4.69) is 15.9 Å². The van der Waals surface area contributed by atoms with Crippen LogP contribution in [0, 0.1) is 0 Å². The highest BCUT2D eigenvalue weighted by atomic mass is 79.9. The molecule has 2 aromatic carbocycles. The second-order valence-electron chi connectivity index (χ2n) is 8.64. The average molecular weight is 616 g/mol. The van der Waals surface area contributed by atoms with Crippen LogP contribution in [0.2, 0.25) is 0 Å². The summed E-state index contributed by atoms with van der Waals surface area (Å²) in [6, 6.07) is 10.3. The van der Waals surface area contributed by atoms with Crippen molar-refractivity contribution in [2.24, 2.45) is 4.99 Å². The number of hydrogen-bond donors (Lipinski definition) is 0. The molecule has 0 amide bonds. The van der Waals surface area contributed by atoms with Crippen molar-refractivity contribution in [2.75, 3.05) is 27.4 Å². The molecule has 0 saturated heterocycles. The Bertz CT molecular complexity index is 1590. The van der Waals surface area contributed by atoms with E-state index < -0.39 is 12.0 Å². The Morgan fingerprint density at radius 3 is 2.46 bits per heavy atom. The van der Waals surface area contributed by atoms with Gasteiger partial charge in [0.2, 0.25) is 0 Å².